The first-order chi connectivity index (χ1) is 9.99. The van der Waals surface area contributed by atoms with E-state index in [0.29, 0.717) is 5.92 Å². The van der Waals surface area contributed by atoms with Crippen LogP contribution in [0.5, 0.6) is 0 Å². The second-order valence-corrected chi connectivity index (χ2v) is 6.61. The summed E-state index contributed by atoms with van der Waals surface area (Å²) >= 11 is 0. The Morgan fingerprint density at radius 2 is 1.90 bits per heavy atom. The van der Waals surface area contributed by atoms with Crippen LogP contribution in [0.15, 0.2) is 36.7 Å². The van der Waals surface area contributed by atoms with E-state index in [9.17, 15) is 0 Å². The van der Waals surface area contributed by atoms with Crippen LogP contribution in [-0.4, -0.2) is 21.3 Å². The third kappa shape index (κ3) is 4.39. The third-order valence-corrected chi connectivity index (χ3v) is 3.64. The van der Waals surface area contributed by atoms with Crippen LogP contribution in [0, 0.1) is 5.92 Å². The minimum Gasteiger partial charge on any atom is -0.309 e. The first kappa shape index (κ1) is 15.7. The zero-order valence-electron chi connectivity index (χ0n) is 13.5. The van der Waals surface area contributed by atoms with Crippen LogP contribution < -0.4 is 5.32 Å². The maximum atomic E-state index is 4.35. The molecular formula is C17H26N4. The smallest absolute Gasteiger partial charge is 0.140 e. The topological polar surface area (TPSA) is 42.7 Å². The summed E-state index contributed by atoms with van der Waals surface area (Å²) in [5, 5.41) is 7.81. The number of rotatable bonds is 7. The van der Waals surface area contributed by atoms with Gasteiger partial charge in [0, 0.05) is 18.5 Å². The fraction of sp³-hybridized carbons (Fsp3) is 0.529. The van der Waals surface area contributed by atoms with E-state index in [2.05, 4.69) is 73.4 Å². The van der Waals surface area contributed by atoms with Gasteiger partial charge in [0.1, 0.15) is 12.2 Å². The maximum absolute atomic E-state index is 4.35. The average molecular weight is 286 g/mol. The second-order valence-electron chi connectivity index (χ2n) is 6.61. The van der Waals surface area contributed by atoms with Gasteiger partial charge in [0.05, 0.1) is 6.54 Å². The van der Waals surface area contributed by atoms with Crippen molar-refractivity contribution in [2.24, 2.45) is 5.92 Å². The molecule has 0 aliphatic carbocycles. The summed E-state index contributed by atoms with van der Waals surface area (Å²) in [7, 11) is 0. The molecule has 21 heavy (non-hydrogen) atoms. The van der Waals surface area contributed by atoms with Crippen LogP contribution in [-0.2, 0) is 18.5 Å². The lowest BCUT2D eigenvalue weighted by atomic mass is 9.85. The van der Waals surface area contributed by atoms with Crippen LogP contribution >= 0.6 is 0 Å². The van der Waals surface area contributed by atoms with E-state index in [1.165, 1.54) is 5.56 Å². The van der Waals surface area contributed by atoms with Gasteiger partial charge in [-0.15, -0.1) is 0 Å². The van der Waals surface area contributed by atoms with E-state index in [-0.39, 0.29) is 5.41 Å². The SMILES string of the molecule is CC(C)Cn1ncnc1CNCC(C)(C)c1ccccc1. The summed E-state index contributed by atoms with van der Waals surface area (Å²) in [5.41, 5.74) is 1.45. The molecule has 1 N–H and O–H groups in total. The molecule has 0 saturated heterocycles. The molecule has 4 nitrogen and oxygen atoms in total. The average Bonchev–Trinajstić information content (AvgIpc) is 2.86. The van der Waals surface area contributed by atoms with Crippen LogP contribution in [0.1, 0.15) is 39.1 Å². The van der Waals surface area contributed by atoms with Gasteiger partial charge >= 0.3 is 0 Å². The Hall–Kier alpha value is -1.68. The molecule has 0 unspecified atom stereocenters. The van der Waals surface area contributed by atoms with Gasteiger partial charge in [-0.05, 0) is 11.5 Å². The molecule has 4 heteroatoms. The lowest BCUT2D eigenvalue weighted by molar-refractivity contribution is 0.433. The van der Waals surface area contributed by atoms with Gasteiger partial charge in [0.15, 0.2) is 0 Å². The Morgan fingerprint density at radius 1 is 1.19 bits per heavy atom. The van der Waals surface area contributed by atoms with E-state index in [1.54, 1.807) is 6.33 Å². The van der Waals surface area contributed by atoms with E-state index < -0.39 is 0 Å². The minimum absolute atomic E-state index is 0.101. The highest BCUT2D eigenvalue weighted by atomic mass is 15.3. The Bertz CT molecular complexity index is 543. The fourth-order valence-corrected chi connectivity index (χ4v) is 2.40. The maximum Gasteiger partial charge on any atom is 0.140 e. The van der Waals surface area contributed by atoms with Crippen molar-refractivity contribution in [3.63, 3.8) is 0 Å². The fourth-order valence-electron chi connectivity index (χ4n) is 2.40. The van der Waals surface area contributed by atoms with Crippen molar-refractivity contribution < 1.29 is 0 Å². The summed E-state index contributed by atoms with van der Waals surface area (Å²) in [6.45, 7) is 11.5. The highest BCUT2D eigenvalue weighted by molar-refractivity contribution is 5.23. The molecule has 0 amide bonds. The van der Waals surface area contributed by atoms with Crippen molar-refractivity contribution in [1.82, 2.24) is 20.1 Å². The number of nitrogens with zero attached hydrogens (tertiary/aromatic N) is 3. The summed E-state index contributed by atoms with van der Waals surface area (Å²) in [5.74, 6) is 1.58. The Kier molecular flexibility index (Phi) is 5.12. The van der Waals surface area contributed by atoms with E-state index in [4.69, 9.17) is 0 Å². The zero-order valence-corrected chi connectivity index (χ0v) is 13.5. The molecule has 1 heterocycles. The molecular weight excluding hydrogens is 260 g/mol. The molecule has 0 spiro atoms. The molecule has 0 bridgehead atoms. The Balaban J connectivity index is 1.91. The van der Waals surface area contributed by atoms with Crippen molar-refractivity contribution in [2.45, 2.75) is 46.2 Å². The lowest BCUT2D eigenvalue weighted by Gasteiger charge is -2.25. The van der Waals surface area contributed by atoms with Gasteiger partial charge in [-0.3, -0.25) is 0 Å². The number of hydrogen-bond donors (Lipinski definition) is 1. The summed E-state index contributed by atoms with van der Waals surface area (Å²) < 4.78 is 1.99. The molecule has 0 fully saturated rings. The van der Waals surface area contributed by atoms with Crippen LogP contribution in [0.3, 0.4) is 0 Å². The standard InChI is InChI=1S/C17H26N4/c1-14(2)11-21-16(19-13-20-21)10-18-12-17(3,4)15-8-6-5-7-9-15/h5-9,13-14,18H,10-12H2,1-4H3. The molecule has 0 aliphatic rings. The van der Waals surface area contributed by atoms with Gasteiger partial charge in [-0.25, -0.2) is 9.67 Å². The van der Waals surface area contributed by atoms with Crippen LogP contribution in [0.4, 0.5) is 0 Å². The number of aromatic nitrogens is 3. The summed E-state index contributed by atoms with van der Waals surface area (Å²) in [6, 6.07) is 10.6. The molecule has 0 radical (unpaired) electrons. The quantitative estimate of drug-likeness (QED) is 0.851. The second kappa shape index (κ2) is 6.85. The van der Waals surface area contributed by atoms with Crippen LogP contribution in [0.25, 0.3) is 0 Å². The summed E-state index contributed by atoms with van der Waals surface area (Å²) in [4.78, 5) is 4.35. The Labute approximate surface area is 127 Å². The molecule has 0 atom stereocenters. The zero-order chi connectivity index (χ0) is 15.3. The number of nitrogens with one attached hydrogen (secondary N) is 1. The molecule has 1 aromatic carbocycles. The van der Waals surface area contributed by atoms with Crippen LogP contribution in [0.2, 0.25) is 0 Å². The van der Waals surface area contributed by atoms with E-state index in [0.717, 1.165) is 25.5 Å². The highest BCUT2D eigenvalue weighted by Crippen LogP contribution is 2.21. The first-order valence-electron chi connectivity index (χ1n) is 7.62. The molecule has 114 valence electrons. The normalized spacial score (nSPS) is 12.0. The van der Waals surface area contributed by atoms with Gasteiger partial charge in [-0.2, -0.15) is 5.10 Å². The van der Waals surface area contributed by atoms with E-state index >= 15 is 0 Å². The molecule has 0 saturated carbocycles. The van der Waals surface area contributed by atoms with Gasteiger partial charge < -0.3 is 5.32 Å². The van der Waals surface area contributed by atoms with Crippen molar-refractivity contribution in [3.8, 4) is 0 Å². The van der Waals surface area contributed by atoms with Gasteiger partial charge in [-0.1, -0.05) is 58.0 Å². The molecule has 0 aliphatic heterocycles. The van der Waals surface area contributed by atoms with Crippen molar-refractivity contribution in [2.75, 3.05) is 6.54 Å². The number of hydrogen-bond acceptors (Lipinski definition) is 3. The van der Waals surface area contributed by atoms with E-state index in [1.807, 2.05) is 4.68 Å². The van der Waals surface area contributed by atoms with Crippen molar-refractivity contribution in [3.05, 3.63) is 48.0 Å². The predicted octanol–water partition coefficient (Wildman–Crippen LogP) is 3.00. The summed E-state index contributed by atoms with van der Waals surface area (Å²) in [6.07, 6.45) is 1.64. The largest absolute Gasteiger partial charge is 0.309 e. The molecule has 1 aromatic heterocycles. The first-order valence-corrected chi connectivity index (χ1v) is 7.62. The Morgan fingerprint density at radius 3 is 2.57 bits per heavy atom. The predicted molar refractivity (Wildman–Crippen MR) is 86.0 cm³/mol. The van der Waals surface area contributed by atoms with Crippen molar-refractivity contribution in [1.29, 1.82) is 0 Å². The molecule has 2 aromatic rings. The number of benzene rings is 1. The molecule has 2 rings (SSSR count). The van der Waals surface area contributed by atoms with Gasteiger partial charge in [0.25, 0.3) is 0 Å². The van der Waals surface area contributed by atoms with Crippen molar-refractivity contribution >= 4 is 0 Å². The monoisotopic (exact) mass is 286 g/mol. The third-order valence-electron chi connectivity index (χ3n) is 3.64. The lowest BCUT2D eigenvalue weighted by Crippen LogP contribution is -2.33. The highest BCUT2D eigenvalue weighted by Gasteiger charge is 2.20. The van der Waals surface area contributed by atoms with Gasteiger partial charge in [0.2, 0.25) is 0 Å². The minimum atomic E-state index is 0.101.